The number of aldehydes is 1. The number of aromatic hydroxyl groups is 1. The third-order valence-corrected chi connectivity index (χ3v) is 1.52. The standard InChI is InChI=1S/C8H7BO3/c1-12-8-6(9)3-2-5(4-10)7(8)11/h2-4,11H,1H3. The van der Waals surface area contributed by atoms with Crippen LogP contribution in [0.15, 0.2) is 12.1 Å². The van der Waals surface area contributed by atoms with Crippen molar-refractivity contribution < 1.29 is 14.6 Å². The second kappa shape index (κ2) is 3.30. The van der Waals surface area contributed by atoms with Crippen molar-refractivity contribution in [2.75, 3.05) is 7.11 Å². The number of ether oxygens (including phenoxy) is 1. The lowest BCUT2D eigenvalue weighted by Crippen LogP contribution is -2.07. The van der Waals surface area contributed by atoms with E-state index < -0.39 is 0 Å². The van der Waals surface area contributed by atoms with E-state index in [9.17, 15) is 9.90 Å². The molecule has 2 radical (unpaired) electrons. The number of hydrogen-bond acceptors (Lipinski definition) is 3. The van der Waals surface area contributed by atoms with E-state index in [4.69, 9.17) is 12.6 Å². The van der Waals surface area contributed by atoms with Crippen molar-refractivity contribution in [3.63, 3.8) is 0 Å². The average Bonchev–Trinajstić information content (AvgIpc) is 2.06. The molecule has 0 saturated heterocycles. The molecular weight excluding hydrogens is 155 g/mol. The number of phenols is 1. The molecule has 1 rings (SSSR count). The Morgan fingerprint density at radius 1 is 1.58 bits per heavy atom. The predicted molar refractivity (Wildman–Crippen MR) is 45.4 cm³/mol. The third kappa shape index (κ3) is 1.28. The smallest absolute Gasteiger partial charge is 0.167 e. The van der Waals surface area contributed by atoms with Gasteiger partial charge in [-0.25, -0.2) is 0 Å². The number of phenolic OH excluding ortho intramolecular Hbond substituents is 1. The summed E-state index contributed by atoms with van der Waals surface area (Å²) < 4.78 is 4.78. The van der Waals surface area contributed by atoms with Gasteiger partial charge in [-0.05, 0) is 6.07 Å². The van der Waals surface area contributed by atoms with Gasteiger partial charge in [0.25, 0.3) is 0 Å². The van der Waals surface area contributed by atoms with Crippen molar-refractivity contribution in [1.82, 2.24) is 0 Å². The van der Waals surface area contributed by atoms with Gasteiger partial charge in [0, 0.05) is 0 Å². The fourth-order valence-electron chi connectivity index (χ4n) is 0.912. The second-order valence-electron chi connectivity index (χ2n) is 2.24. The van der Waals surface area contributed by atoms with Crippen LogP contribution in [-0.4, -0.2) is 26.3 Å². The molecule has 0 aliphatic carbocycles. The van der Waals surface area contributed by atoms with Gasteiger partial charge < -0.3 is 9.84 Å². The molecule has 0 saturated carbocycles. The van der Waals surface area contributed by atoms with E-state index in [1.165, 1.54) is 19.2 Å². The van der Waals surface area contributed by atoms with Crippen molar-refractivity contribution in [3.05, 3.63) is 17.7 Å². The van der Waals surface area contributed by atoms with Crippen LogP contribution in [0.2, 0.25) is 0 Å². The molecule has 12 heavy (non-hydrogen) atoms. The zero-order chi connectivity index (χ0) is 9.14. The number of carbonyl (C=O) groups excluding carboxylic acids is 1. The number of methoxy groups -OCH3 is 1. The van der Waals surface area contributed by atoms with Crippen molar-refractivity contribution in [3.8, 4) is 11.5 Å². The number of benzene rings is 1. The summed E-state index contributed by atoms with van der Waals surface area (Å²) in [6, 6.07) is 2.93. The third-order valence-electron chi connectivity index (χ3n) is 1.52. The van der Waals surface area contributed by atoms with Crippen LogP contribution < -0.4 is 10.2 Å². The van der Waals surface area contributed by atoms with Crippen LogP contribution in [0.1, 0.15) is 10.4 Å². The molecule has 0 heterocycles. The first kappa shape index (κ1) is 8.65. The molecule has 1 aromatic carbocycles. The molecule has 0 atom stereocenters. The van der Waals surface area contributed by atoms with E-state index in [-0.39, 0.29) is 17.1 Å². The molecular formula is C8H7BO3. The zero-order valence-electron chi connectivity index (χ0n) is 6.57. The summed E-state index contributed by atoms with van der Waals surface area (Å²) in [5.74, 6) is -0.0768. The van der Waals surface area contributed by atoms with Gasteiger partial charge in [-0.2, -0.15) is 0 Å². The van der Waals surface area contributed by atoms with E-state index in [0.717, 1.165) is 0 Å². The van der Waals surface area contributed by atoms with E-state index in [2.05, 4.69) is 0 Å². The normalized spacial score (nSPS) is 9.42. The molecule has 1 N–H and O–H groups in total. The highest BCUT2D eigenvalue weighted by molar-refractivity contribution is 6.34. The molecule has 3 nitrogen and oxygen atoms in total. The van der Waals surface area contributed by atoms with Gasteiger partial charge in [-0.1, -0.05) is 11.5 Å². The van der Waals surface area contributed by atoms with Crippen LogP contribution in [0.3, 0.4) is 0 Å². The lowest BCUT2D eigenvalue weighted by molar-refractivity contribution is 0.112. The summed E-state index contributed by atoms with van der Waals surface area (Å²) in [5.41, 5.74) is 0.474. The van der Waals surface area contributed by atoms with Gasteiger partial charge in [0.15, 0.2) is 17.8 Å². The van der Waals surface area contributed by atoms with Crippen molar-refractivity contribution in [1.29, 1.82) is 0 Å². The molecule has 0 fully saturated rings. The Morgan fingerprint density at radius 2 is 2.25 bits per heavy atom. The molecule has 4 heteroatoms. The molecule has 0 unspecified atom stereocenters. The lowest BCUT2D eigenvalue weighted by atomic mass is 9.93. The summed E-state index contributed by atoms with van der Waals surface area (Å²) >= 11 is 0. The topological polar surface area (TPSA) is 46.5 Å². The summed E-state index contributed by atoms with van der Waals surface area (Å²) in [4.78, 5) is 10.4. The van der Waals surface area contributed by atoms with Crippen molar-refractivity contribution in [2.45, 2.75) is 0 Å². The fourth-order valence-corrected chi connectivity index (χ4v) is 0.912. The van der Waals surface area contributed by atoms with Gasteiger partial charge in [0.1, 0.15) is 7.85 Å². The first-order chi connectivity index (χ1) is 5.70. The Hall–Kier alpha value is -1.45. The first-order valence-electron chi connectivity index (χ1n) is 3.31. The highest BCUT2D eigenvalue weighted by Gasteiger charge is 2.08. The molecule has 0 spiro atoms. The Labute approximate surface area is 71.4 Å². The van der Waals surface area contributed by atoms with Crippen LogP contribution in [0.4, 0.5) is 0 Å². The maximum Gasteiger partial charge on any atom is 0.167 e. The van der Waals surface area contributed by atoms with Crippen molar-refractivity contribution >= 4 is 19.6 Å². The summed E-state index contributed by atoms with van der Waals surface area (Å²) in [6.45, 7) is 0. The second-order valence-corrected chi connectivity index (χ2v) is 2.24. The maximum atomic E-state index is 10.4. The highest BCUT2D eigenvalue weighted by atomic mass is 16.5. The first-order valence-corrected chi connectivity index (χ1v) is 3.31. The zero-order valence-corrected chi connectivity index (χ0v) is 6.57. The minimum atomic E-state index is -0.215. The largest absolute Gasteiger partial charge is 0.504 e. The number of hydrogen-bond donors (Lipinski definition) is 1. The Bertz CT molecular complexity index is 309. The quantitative estimate of drug-likeness (QED) is 0.492. The fraction of sp³-hybridized carbons (Fsp3) is 0.125. The van der Waals surface area contributed by atoms with Crippen LogP contribution in [0.25, 0.3) is 0 Å². The Kier molecular flexibility index (Phi) is 2.38. The van der Waals surface area contributed by atoms with E-state index in [1.54, 1.807) is 0 Å². The van der Waals surface area contributed by atoms with Crippen LogP contribution in [0.5, 0.6) is 11.5 Å². The van der Waals surface area contributed by atoms with Gasteiger partial charge in [0.05, 0.1) is 12.7 Å². The van der Waals surface area contributed by atoms with E-state index in [1.807, 2.05) is 0 Å². The molecule has 0 amide bonds. The van der Waals surface area contributed by atoms with E-state index >= 15 is 0 Å². The number of rotatable bonds is 2. The van der Waals surface area contributed by atoms with Gasteiger partial charge >= 0.3 is 0 Å². The van der Waals surface area contributed by atoms with Crippen molar-refractivity contribution in [2.24, 2.45) is 0 Å². The van der Waals surface area contributed by atoms with Gasteiger partial charge in [0.2, 0.25) is 0 Å². The predicted octanol–water partition coefficient (Wildman–Crippen LogP) is 0.00710. The van der Waals surface area contributed by atoms with Crippen LogP contribution in [-0.2, 0) is 0 Å². The monoisotopic (exact) mass is 162 g/mol. The minimum Gasteiger partial charge on any atom is -0.504 e. The number of carbonyl (C=O) groups is 1. The van der Waals surface area contributed by atoms with Crippen LogP contribution in [0, 0.1) is 0 Å². The summed E-state index contributed by atoms with van der Waals surface area (Å²) in [5, 5.41) is 9.33. The van der Waals surface area contributed by atoms with E-state index in [0.29, 0.717) is 11.7 Å². The Morgan fingerprint density at radius 3 is 2.75 bits per heavy atom. The van der Waals surface area contributed by atoms with Gasteiger partial charge in [-0.3, -0.25) is 4.79 Å². The summed E-state index contributed by atoms with van der Waals surface area (Å²) in [6.07, 6.45) is 0.539. The van der Waals surface area contributed by atoms with Crippen LogP contribution >= 0.6 is 0 Å². The summed E-state index contributed by atoms with van der Waals surface area (Å²) in [7, 11) is 6.83. The molecule has 60 valence electrons. The Balaban J connectivity index is 3.33. The molecule has 0 aliphatic heterocycles. The lowest BCUT2D eigenvalue weighted by Gasteiger charge is -2.07. The molecule has 0 aliphatic rings. The van der Waals surface area contributed by atoms with Gasteiger partial charge in [-0.15, -0.1) is 0 Å². The highest BCUT2D eigenvalue weighted by Crippen LogP contribution is 2.25. The molecule has 1 aromatic rings. The molecule has 0 bridgehead atoms. The maximum absolute atomic E-state index is 10.4. The average molecular weight is 162 g/mol. The minimum absolute atomic E-state index is 0.139. The molecule has 0 aromatic heterocycles. The SMILES string of the molecule is [B]c1ccc(C=O)c(O)c1OC.